The predicted molar refractivity (Wildman–Crippen MR) is 65.3 cm³/mol. The molecular weight excluding hydrogens is 234 g/mol. The molecule has 98 valence electrons. The smallest absolute Gasteiger partial charge is 0.170 e. The van der Waals surface area contributed by atoms with Crippen molar-refractivity contribution in [1.29, 1.82) is 0 Å². The summed E-state index contributed by atoms with van der Waals surface area (Å²) in [5.74, 6) is 1.52. The first-order chi connectivity index (χ1) is 8.86. The van der Waals surface area contributed by atoms with Crippen molar-refractivity contribution in [3.05, 3.63) is 17.7 Å². The average Bonchev–Trinajstić information content (AvgIpc) is 2.65. The molecule has 0 aromatic heterocycles. The number of aromatic hydroxyl groups is 1. The minimum absolute atomic E-state index is 0.185. The summed E-state index contributed by atoms with van der Waals surface area (Å²) in [7, 11) is 0. The maximum atomic E-state index is 10.1. The Labute approximate surface area is 106 Å². The molecule has 2 heterocycles. The predicted octanol–water partition coefficient (Wildman–Crippen LogP) is 1.21. The van der Waals surface area contributed by atoms with Gasteiger partial charge in [0.1, 0.15) is 11.9 Å². The van der Waals surface area contributed by atoms with Gasteiger partial charge in [-0.15, -0.1) is 0 Å². The van der Waals surface area contributed by atoms with Gasteiger partial charge in [-0.05, 0) is 12.1 Å². The van der Waals surface area contributed by atoms with Crippen molar-refractivity contribution in [3.8, 4) is 17.2 Å². The molecule has 1 unspecified atom stereocenters. The molecule has 0 amide bonds. The number of phenols is 1. The number of nitrogens with one attached hydrogen (secondary N) is 1. The maximum absolute atomic E-state index is 10.1. The van der Waals surface area contributed by atoms with Gasteiger partial charge < -0.3 is 24.6 Å². The Bertz CT molecular complexity index is 429. The van der Waals surface area contributed by atoms with Crippen molar-refractivity contribution in [3.63, 3.8) is 0 Å². The van der Waals surface area contributed by atoms with E-state index in [0.717, 1.165) is 13.0 Å². The Balaban J connectivity index is 2.00. The minimum atomic E-state index is -0.185. The van der Waals surface area contributed by atoms with Crippen LogP contribution in [0.5, 0.6) is 17.2 Å². The standard InChI is InChI=1S/C13H17NO4/c15-9-2-3-10-13(18-6-1-5-16-10)12(9)11-8-14-4-7-17-11/h2-3,11,14-15H,1,4-8H2. The van der Waals surface area contributed by atoms with Crippen LogP contribution < -0.4 is 14.8 Å². The van der Waals surface area contributed by atoms with Crippen molar-refractivity contribution in [2.45, 2.75) is 12.5 Å². The monoisotopic (exact) mass is 251 g/mol. The highest BCUT2D eigenvalue weighted by molar-refractivity contribution is 5.55. The normalized spacial score (nSPS) is 23.4. The minimum Gasteiger partial charge on any atom is -0.507 e. The van der Waals surface area contributed by atoms with E-state index >= 15 is 0 Å². The van der Waals surface area contributed by atoms with Crippen molar-refractivity contribution >= 4 is 0 Å². The van der Waals surface area contributed by atoms with Gasteiger partial charge in [-0.1, -0.05) is 0 Å². The van der Waals surface area contributed by atoms with E-state index in [9.17, 15) is 5.11 Å². The summed E-state index contributed by atoms with van der Waals surface area (Å²) in [4.78, 5) is 0. The first-order valence-corrected chi connectivity index (χ1v) is 6.30. The molecule has 5 nitrogen and oxygen atoms in total. The van der Waals surface area contributed by atoms with Crippen LogP contribution in [0.1, 0.15) is 18.1 Å². The topological polar surface area (TPSA) is 60.0 Å². The molecule has 1 fully saturated rings. The van der Waals surface area contributed by atoms with E-state index in [1.54, 1.807) is 12.1 Å². The number of ether oxygens (including phenoxy) is 3. The molecule has 0 radical (unpaired) electrons. The summed E-state index contributed by atoms with van der Waals surface area (Å²) in [6.07, 6.45) is 0.661. The van der Waals surface area contributed by atoms with E-state index < -0.39 is 0 Å². The molecular formula is C13H17NO4. The zero-order valence-electron chi connectivity index (χ0n) is 10.1. The number of fused-ring (bicyclic) bond motifs is 1. The van der Waals surface area contributed by atoms with Crippen molar-refractivity contribution in [2.75, 3.05) is 32.9 Å². The highest BCUT2D eigenvalue weighted by atomic mass is 16.5. The fourth-order valence-electron chi connectivity index (χ4n) is 2.31. The molecule has 0 saturated carbocycles. The molecule has 2 aliphatic heterocycles. The van der Waals surface area contributed by atoms with Gasteiger partial charge in [0.2, 0.25) is 0 Å². The van der Waals surface area contributed by atoms with Crippen LogP contribution in [-0.4, -0.2) is 38.0 Å². The number of rotatable bonds is 1. The van der Waals surface area contributed by atoms with Gasteiger partial charge >= 0.3 is 0 Å². The molecule has 0 spiro atoms. The lowest BCUT2D eigenvalue weighted by Crippen LogP contribution is -2.33. The van der Waals surface area contributed by atoms with Gasteiger partial charge in [-0.2, -0.15) is 0 Å². The average molecular weight is 251 g/mol. The molecule has 0 bridgehead atoms. The Morgan fingerprint density at radius 3 is 2.89 bits per heavy atom. The fourth-order valence-corrected chi connectivity index (χ4v) is 2.31. The summed E-state index contributed by atoms with van der Waals surface area (Å²) in [6.45, 7) is 3.39. The molecule has 1 aromatic carbocycles. The van der Waals surface area contributed by atoms with Gasteiger partial charge in [-0.3, -0.25) is 0 Å². The molecule has 5 heteroatoms. The first-order valence-electron chi connectivity index (χ1n) is 6.30. The third kappa shape index (κ3) is 2.11. The summed E-state index contributed by atoms with van der Waals surface area (Å²) < 4.78 is 17.0. The summed E-state index contributed by atoms with van der Waals surface area (Å²) >= 11 is 0. The quantitative estimate of drug-likeness (QED) is 0.785. The third-order valence-corrected chi connectivity index (χ3v) is 3.18. The summed E-state index contributed by atoms with van der Waals surface area (Å²) in [5, 5.41) is 13.3. The molecule has 0 aliphatic carbocycles. The number of phenolic OH excluding ortho intramolecular Hbond substituents is 1. The number of morpholine rings is 1. The third-order valence-electron chi connectivity index (χ3n) is 3.18. The van der Waals surface area contributed by atoms with Crippen LogP contribution in [-0.2, 0) is 4.74 Å². The molecule has 2 aliphatic rings. The lowest BCUT2D eigenvalue weighted by molar-refractivity contribution is 0.0244. The van der Waals surface area contributed by atoms with Gasteiger partial charge in [0, 0.05) is 19.5 Å². The first kappa shape index (κ1) is 11.6. The van der Waals surface area contributed by atoms with Crippen molar-refractivity contribution in [2.24, 2.45) is 0 Å². The number of hydrogen-bond donors (Lipinski definition) is 2. The highest BCUT2D eigenvalue weighted by Crippen LogP contribution is 2.43. The Kier molecular flexibility index (Phi) is 3.25. The van der Waals surface area contributed by atoms with Gasteiger partial charge in [0.05, 0.1) is 25.4 Å². The zero-order chi connectivity index (χ0) is 12.4. The van der Waals surface area contributed by atoms with E-state index in [4.69, 9.17) is 14.2 Å². The number of benzene rings is 1. The maximum Gasteiger partial charge on any atom is 0.170 e. The Hall–Kier alpha value is -1.46. The second-order valence-electron chi connectivity index (χ2n) is 4.44. The lowest BCUT2D eigenvalue weighted by Gasteiger charge is -2.26. The lowest BCUT2D eigenvalue weighted by atomic mass is 10.0. The second kappa shape index (κ2) is 5.04. The van der Waals surface area contributed by atoms with Crippen LogP contribution in [0.3, 0.4) is 0 Å². The number of hydrogen-bond acceptors (Lipinski definition) is 5. The van der Waals surface area contributed by atoms with E-state index in [-0.39, 0.29) is 11.9 Å². The zero-order valence-corrected chi connectivity index (χ0v) is 10.1. The molecule has 1 atom stereocenters. The fraction of sp³-hybridized carbons (Fsp3) is 0.538. The van der Waals surface area contributed by atoms with Crippen LogP contribution >= 0.6 is 0 Å². The van der Waals surface area contributed by atoms with Crippen molar-refractivity contribution in [1.82, 2.24) is 5.32 Å². The van der Waals surface area contributed by atoms with Crippen LogP contribution in [0.15, 0.2) is 12.1 Å². The van der Waals surface area contributed by atoms with Crippen LogP contribution in [0.2, 0.25) is 0 Å². The largest absolute Gasteiger partial charge is 0.507 e. The van der Waals surface area contributed by atoms with Gasteiger partial charge in [0.15, 0.2) is 11.5 Å². The second-order valence-corrected chi connectivity index (χ2v) is 4.44. The van der Waals surface area contributed by atoms with Crippen molar-refractivity contribution < 1.29 is 19.3 Å². The molecule has 1 saturated heterocycles. The Morgan fingerprint density at radius 1 is 1.17 bits per heavy atom. The van der Waals surface area contributed by atoms with E-state index in [0.29, 0.717) is 43.4 Å². The van der Waals surface area contributed by atoms with Crippen LogP contribution in [0.4, 0.5) is 0 Å². The summed E-state index contributed by atoms with van der Waals surface area (Å²) in [6, 6.07) is 3.39. The van der Waals surface area contributed by atoms with E-state index in [1.165, 1.54) is 0 Å². The molecule has 3 rings (SSSR count). The molecule has 2 N–H and O–H groups in total. The van der Waals surface area contributed by atoms with Gasteiger partial charge in [-0.25, -0.2) is 0 Å². The summed E-state index contributed by atoms with van der Waals surface area (Å²) in [5.41, 5.74) is 0.696. The van der Waals surface area contributed by atoms with Crippen LogP contribution in [0.25, 0.3) is 0 Å². The van der Waals surface area contributed by atoms with Gasteiger partial charge in [0.25, 0.3) is 0 Å². The molecule has 18 heavy (non-hydrogen) atoms. The highest BCUT2D eigenvalue weighted by Gasteiger charge is 2.27. The van der Waals surface area contributed by atoms with E-state index in [1.807, 2.05) is 0 Å². The SMILES string of the molecule is Oc1ccc2c(c1C1CNCCO1)OCCCO2. The van der Waals surface area contributed by atoms with Crippen LogP contribution in [0, 0.1) is 0 Å². The Morgan fingerprint density at radius 2 is 2.06 bits per heavy atom. The van der Waals surface area contributed by atoms with E-state index in [2.05, 4.69) is 5.32 Å². The molecule has 1 aromatic rings.